The molecule has 124 valence electrons. The van der Waals surface area contributed by atoms with Crippen LogP contribution in [-0.4, -0.2) is 21.1 Å². The van der Waals surface area contributed by atoms with Crippen LogP contribution in [0, 0.1) is 10.8 Å². The van der Waals surface area contributed by atoms with Gasteiger partial charge in [-0.25, -0.2) is 4.98 Å². The number of fused-ring (bicyclic) bond motifs is 1. The molecular formula is C19H26N2O2. The van der Waals surface area contributed by atoms with Gasteiger partial charge in [-0.2, -0.15) is 0 Å². The van der Waals surface area contributed by atoms with Gasteiger partial charge >= 0.3 is 0 Å². The van der Waals surface area contributed by atoms with Crippen LogP contribution in [0.4, 0.5) is 0 Å². The first-order valence-corrected chi connectivity index (χ1v) is 8.01. The molecular weight excluding hydrogens is 288 g/mol. The van der Waals surface area contributed by atoms with Gasteiger partial charge in [0.2, 0.25) is 0 Å². The number of rotatable bonds is 4. The van der Waals surface area contributed by atoms with Crippen LogP contribution in [0.3, 0.4) is 0 Å². The van der Waals surface area contributed by atoms with Crippen LogP contribution in [0.15, 0.2) is 30.6 Å². The van der Waals surface area contributed by atoms with Crippen LogP contribution in [0.2, 0.25) is 0 Å². The summed E-state index contributed by atoms with van der Waals surface area (Å²) in [6.07, 6.45) is 1.87. The predicted octanol–water partition coefficient (Wildman–Crippen LogP) is 4.20. The third-order valence-electron chi connectivity index (χ3n) is 4.07. The minimum absolute atomic E-state index is 0.0539. The monoisotopic (exact) mass is 314 g/mol. The van der Waals surface area contributed by atoms with Crippen LogP contribution < -0.4 is 0 Å². The Morgan fingerprint density at radius 3 is 2.22 bits per heavy atom. The van der Waals surface area contributed by atoms with Gasteiger partial charge in [0.15, 0.2) is 5.78 Å². The van der Waals surface area contributed by atoms with Gasteiger partial charge in [0.05, 0.1) is 17.4 Å². The second-order valence-electron chi connectivity index (χ2n) is 8.15. The molecule has 0 saturated carbocycles. The Morgan fingerprint density at radius 2 is 1.65 bits per heavy atom. The molecule has 0 spiro atoms. The molecule has 1 aromatic carbocycles. The molecule has 4 heteroatoms. The van der Waals surface area contributed by atoms with E-state index in [1.807, 2.05) is 70.4 Å². The van der Waals surface area contributed by atoms with E-state index in [0.29, 0.717) is 0 Å². The molecule has 23 heavy (non-hydrogen) atoms. The molecule has 1 aromatic heterocycles. The number of hydrogen-bond acceptors (Lipinski definition) is 3. The molecule has 2 rings (SSSR count). The summed E-state index contributed by atoms with van der Waals surface area (Å²) in [4.78, 5) is 29.9. The molecule has 0 radical (unpaired) electrons. The molecule has 0 bridgehead atoms. The van der Waals surface area contributed by atoms with Crippen LogP contribution in [0.25, 0.3) is 11.0 Å². The molecule has 2 aromatic rings. The first-order valence-electron chi connectivity index (χ1n) is 8.01. The Morgan fingerprint density at radius 1 is 1.04 bits per heavy atom. The highest BCUT2D eigenvalue weighted by molar-refractivity contribution is 5.94. The maximum absolute atomic E-state index is 13.0. The summed E-state index contributed by atoms with van der Waals surface area (Å²) in [6, 6.07) is 7.17. The van der Waals surface area contributed by atoms with Crippen molar-refractivity contribution in [3.05, 3.63) is 30.6 Å². The van der Waals surface area contributed by atoms with Gasteiger partial charge < -0.3 is 4.57 Å². The number of ketones is 2. The van der Waals surface area contributed by atoms with Gasteiger partial charge in [-0.1, -0.05) is 53.7 Å². The first kappa shape index (κ1) is 17.4. The Kier molecular flexibility index (Phi) is 4.47. The topological polar surface area (TPSA) is 52.0 Å². The summed E-state index contributed by atoms with van der Waals surface area (Å²) in [6.45, 7) is 11.3. The maximum Gasteiger partial charge on any atom is 0.161 e. The third-order valence-corrected chi connectivity index (χ3v) is 4.07. The molecule has 0 aliphatic carbocycles. The molecule has 0 N–H and O–H groups in total. The lowest BCUT2D eigenvalue weighted by Gasteiger charge is -2.28. The van der Waals surface area contributed by atoms with E-state index < -0.39 is 16.9 Å². The van der Waals surface area contributed by atoms with Gasteiger partial charge in [-0.3, -0.25) is 9.59 Å². The van der Waals surface area contributed by atoms with Crippen molar-refractivity contribution in [2.45, 2.75) is 54.0 Å². The lowest BCUT2D eigenvalue weighted by atomic mass is 9.80. The minimum atomic E-state index is -0.520. The third kappa shape index (κ3) is 3.69. The highest BCUT2D eigenvalue weighted by Crippen LogP contribution is 2.31. The van der Waals surface area contributed by atoms with Gasteiger partial charge in [0.25, 0.3) is 0 Å². The van der Waals surface area contributed by atoms with E-state index in [1.54, 1.807) is 6.33 Å². The fourth-order valence-corrected chi connectivity index (χ4v) is 2.53. The van der Waals surface area contributed by atoms with Gasteiger partial charge in [0.1, 0.15) is 11.8 Å². The minimum Gasteiger partial charge on any atom is -0.319 e. The molecule has 0 fully saturated rings. The second kappa shape index (κ2) is 5.91. The molecule has 0 unspecified atom stereocenters. The lowest BCUT2D eigenvalue weighted by Crippen LogP contribution is -2.34. The molecule has 1 atom stereocenters. The van der Waals surface area contributed by atoms with Crippen LogP contribution in [0.1, 0.15) is 54.0 Å². The summed E-state index contributed by atoms with van der Waals surface area (Å²) >= 11 is 0. The molecule has 0 aliphatic rings. The van der Waals surface area contributed by atoms with Crippen molar-refractivity contribution in [1.29, 1.82) is 0 Å². The maximum atomic E-state index is 13.0. The van der Waals surface area contributed by atoms with Crippen molar-refractivity contribution < 1.29 is 9.59 Å². The van der Waals surface area contributed by atoms with E-state index in [4.69, 9.17) is 0 Å². The number of carbonyl (C=O) groups excluding carboxylic acids is 2. The van der Waals surface area contributed by atoms with Crippen LogP contribution in [-0.2, 0) is 9.59 Å². The molecule has 0 amide bonds. The highest BCUT2D eigenvalue weighted by Gasteiger charge is 2.35. The zero-order chi connectivity index (χ0) is 17.4. The molecule has 4 nitrogen and oxygen atoms in total. The second-order valence-corrected chi connectivity index (χ2v) is 8.15. The van der Waals surface area contributed by atoms with Crippen molar-refractivity contribution in [1.82, 2.24) is 9.55 Å². The Hall–Kier alpha value is -1.97. The Bertz CT molecular complexity index is 730. The van der Waals surface area contributed by atoms with Crippen molar-refractivity contribution in [3.8, 4) is 0 Å². The van der Waals surface area contributed by atoms with Crippen molar-refractivity contribution in [2.24, 2.45) is 10.8 Å². The summed E-state index contributed by atoms with van der Waals surface area (Å²) in [5.41, 5.74) is 0.736. The fraction of sp³-hybridized carbons (Fsp3) is 0.526. The van der Waals surface area contributed by atoms with Crippen molar-refractivity contribution in [2.75, 3.05) is 0 Å². The van der Waals surface area contributed by atoms with Crippen molar-refractivity contribution in [3.63, 3.8) is 0 Å². The number of benzene rings is 1. The van der Waals surface area contributed by atoms with E-state index >= 15 is 0 Å². The molecule has 1 heterocycles. The van der Waals surface area contributed by atoms with Gasteiger partial charge in [-0.05, 0) is 12.1 Å². The zero-order valence-corrected chi connectivity index (χ0v) is 14.9. The van der Waals surface area contributed by atoms with Crippen LogP contribution in [0.5, 0.6) is 0 Å². The standard InChI is InChI=1S/C19H26N2O2/c1-18(2,3)16(22)11-15(17(23)19(4,5)6)21-12-20-13-9-7-8-10-14(13)21/h7-10,12,15H,11H2,1-6H3/t15-/m1/s1. The average Bonchev–Trinajstić information content (AvgIpc) is 2.85. The van der Waals surface area contributed by atoms with E-state index in [-0.39, 0.29) is 18.0 Å². The molecule has 0 aliphatic heterocycles. The number of imidazole rings is 1. The number of para-hydroxylation sites is 2. The number of hydrogen-bond donors (Lipinski definition) is 0. The van der Waals surface area contributed by atoms with E-state index in [2.05, 4.69) is 4.98 Å². The zero-order valence-electron chi connectivity index (χ0n) is 14.9. The number of nitrogens with zero attached hydrogens (tertiary/aromatic N) is 2. The molecule has 0 saturated heterocycles. The summed E-state index contributed by atoms with van der Waals surface area (Å²) in [5, 5.41) is 0. The Balaban J connectivity index is 2.49. The summed E-state index contributed by atoms with van der Waals surface area (Å²) < 4.78 is 1.85. The van der Waals surface area contributed by atoms with Gasteiger partial charge in [0, 0.05) is 17.3 Å². The Labute approximate surface area is 137 Å². The highest BCUT2D eigenvalue weighted by atomic mass is 16.1. The van der Waals surface area contributed by atoms with E-state index in [9.17, 15) is 9.59 Å². The summed E-state index contributed by atoms with van der Waals surface area (Å²) in [7, 11) is 0. The average molecular weight is 314 g/mol. The lowest BCUT2D eigenvalue weighted by molar-refractivity contribution is -0.135. The smallest absolute Gasteiger partial charge is 0.161 e. The summed E-state index contributed by atoms with van der Waals surface area (Å²) in [5.74, 6) is 0.135. The number of Topliss-reactive ketones (excluding diaryl/α,β-unsaturated/α-hetero) is 2. The van der Waals surface area contributed by atoms with Gasteiger partial charge in [-0.15, -0.1) is 0 Å². The number of aromatic nitrogens is 2. The van der Waals surface area contributed by atoms with Crippen LogP contribution >= 0.6 is 0 Å². The quantitative estimate of drug-likeness (QED) is 0.850. The van der Waals surface area contributed by atoms with Crippen molar-refractivity contribution >= 4 is 22.6 Å². The van der Waals surface area contributed by atoms with E-state index in [1.165, 1.54) is 0 Å². The SMILES string of the molecule is CC(C)(C)C(=O)C[C@H](C(=O)C(C)(C)C)n1cnc2ccccc21. The fourth-order valence-electron chi connectivity index (χ4n) is 2.53. The number of carbonyl (C=O) groups is 2. The largest absolute Gasteiger partial charge is 0.319 e. The predicted molar refractivity (Wildman–Crippen MR) is 92.3 cm³/mol. The van der Waals surface area contributed by atoms with E-state index in [0.717, 1.165) is 11.0 Å². The first-order chi connectivity index (χ1) is 10.5. The normalized spacial score (nSPS) is 14.0.